The van der Waals surface area contributed by atoms with Crippen molar-refractivity contribution in [2.24, 2.45) is 5.73 Å². The monoisotopic (exact) mass is 355 g/mol. The molecule has 2 aromatic carbocycles. The average Bonchev–Trinajstić information content (AvgIpc) is 2.67. The molecule has 0 saturated carbocycles. The molecule has 5 nitrogen and oxygen atoms in total. The predicted molar refractivity (Wildman–Crippen MR) is 105 cm³/mol. The van der Waals surface area contributed by atoms with Crippen LogP contribution in [0.4, 0.5) is 5.69 Å². The zero-order valence-electron chi connectivity index (χ0n) is 14.7. The Labute approximate surface area is 157 Å². The summed E-state index contributed by atoms with van der Waals surface area (Å²) in [6, 6.07) is 18.0. The number of hydrogen-bond donors (Lipinski definition) is 2. The normalized spacial score (nSPS) is 10.1. The van der Waals surface area contributed by atoms with Crippen molar-refractivity contribution in [3.63, 3.8) is 0 Å². The second-order valence-corrected chi connectivity index (χ2v) is 5.98. The summed E-state index contributed by atoms with van der Waals surface area (Å²) in [5, 5.41) is 2.83. The molecule has 3 rings (SSSR count). The number of aryl methyl sites for hydroxylation is 1. The summed E-state index contributed by atoms with van der Waals surface area (Å²) in [6.45, 7) is 1.93. The fraction of sp³-hybridized carbons (Fsp3) is 0.0455. The second-order valence-electron chi connectivity index (χ2n) is 5.98. The molecular weight excluding hydrogens is 338 g/mol. The van der Waals surface area contributed by atoms with Crippen LogP contribution in [0.15, 0.2) is 60.7 Å². The van der Waals surface area contributed by atoms with Crippen LogP contribution in [0.5, 0.6) is 0 Å². The van der Waals surface area contributed by atoms with Gasteiger partial charge in [0.15, 0.2) is 0 Å². The molecule has 1 heterocycles. The molecule has 0 aliphatic rings. The lowest BCUT2D eigenvalue weighted by Gasteiger charge is -2.13. The predicted octanol–water partition coefficient (Wildman–Crippen LogP) is 3.39. The summed E-state index contributed by atoms with van der Waals surface area (Å²) in [6.07, 6.45) is 5.48. The molecule has 0 fully saturated rings. The summed E-state index contributed by atoms with van der Waals surface area (Å²) in [4.78, 5) is 29.1. The largest absolute Gasteiger partial charge is 0.366 e. The van der Waals surface area contributed by atoms with Gasteiger partial charge in [0, 0.05) is 11.3 Å². The van der Waals surface area contributed by atoms with Gasteiger partial charge < -0.3 is 11.1 Å². The van der Waals surface area contributed by atoms with Crippen LogP contribution >= 0.6 is 0 Å². The molecule has 0 saturated heterocycles. The third-order valence-electron chi connectivity index (χ3n) is 3.99. The second kappa shape index (κ2) is 7.54. The molecule has 1 aromatic heterocycles. The molecule has 3 N–H and O–H groups in total. The summed E-state index contributed by atoms with van der Waals surface area (Å²) < 4.78 is 0. The van der Waals surface area contributed by atoms with Gasteiger partial charge in [0.05, 0.1) is 16.8 Å². The molecule has 0 bridgehead atoms. The van der Waals surface area contributed by atoms with Crippen molar-refractivity contribution in [3.05, 3.63) is 83.0 Å². The first-order chi connectivity index (χ1) is 13.0. The molecule has 0 spiro atoms. The number of rotatable bonds is 4. The molecule has 2 amide bonds. The SMILES string of the molecule is C#Cc1nc(-c2ccccc2)c(C(=O)Nc2cccc(C)c2)cc1C(N)=O. The molecule has 0 radical (unpaired) electrons. The maximum Gasteiger partial charge on any atom is 0.257 e. The van der Waals surface area contributed by atoms with E-state index in [2.05, 4.69) is 16.2 Å². The third kappa shape index (κ3) is 3.86. The summed E-state index contributed by atoms with van der Waals surface area (Å²) in [5.74, 6) is 1.23. The first-order valence-electron chi connectivity index (χ1n) is 8.24. The lowest BCUT2D eigenvalue weighted by molar-refractivity contribution is 0.0999. The highest BCUT2D eigenvalue weighted by atomic mass is 16.2. The number of hydrogen-bond acceptors (Lipinski definition) is 3. The van der Waals surface area contributed by atoms with E-state index < -0.39 is 11.8 Å². The Morgan fingerprint density at radius 3 is 2.41 bits per heavy atom. The summed E-state index contributed by atoms with van der Waals surface area (Å²) in [7, 11) is 0. The van der Waals surface area contributed by atoms with E-state index >= 15 is 0 Å². The van der Waals surface area contributed by atoms with E-state index in [4.69, 9.17) is 12.2 Å². The number of terminal acetylenes is 1. The fourth-order valence-corrected chi connectivity index (χ4v) is 2.72. The minimum absolute atomic E-state index is 0.0339. The van der Waals surface area contributed by atoms with Gasteiger partial charge in [0.1, 0.15) is 5.69 Å². The Morgan fingerprint density at radius 2 is 1.78 bits per heavy atom. The maximum atomic E-state index is 12.9. The summed E-state index contributed by atoms with van der Waals surface area (Å²) >= 11 is 0. The maximum absolute atomic E-state index is 12.9. The van der Waals surface area contributed by atoms with Gasteiger partial charge in [-0.15, -0.1) is 6.42 Å². The van der Waals surface area contributed by atoms with Crippen LogP contribution in [-0.4, -0.2) is 16.8 Å². The van der Waals surface area contributed by atoms with Crippen LogP contribution in [0.3, 0.4) is 0 Å². The highest BCUT2D eigenvalue weighted by Crippen LogP contribution is 2.25. The Morgan fingerprint density at radius 1 is 1.04 bits per heavy atom. The van der Waals surface area contributed by atoms with E-state index in [-0.39, 0.29) is 16.8 Å². The van der Waals surface area contributed by atoms with E-state index in [9.17, 15) is 9.59 Å². The number of nitrogens with one attached hydrogen (secondary N) is 1. The third-order valence-corrected chi connectivity index (χ3v) is 3.99. The van der Waals surface area contributed by atoms with E-state index in [1.165, 1.54) is 6.07 Å². The number of pyridine rings is 1. The van der Waals surface area contributed by atoms with Crippen molar-refractivity contribution < 1.29 is 9.59 Å². The molecule has 0 atom stereocenters. The van der Waals surface area contributed by atoms with Crippen molar-refractivity contribution in [3.8, 4) is 23.6 Å². The number of anilines is 1. The molecular formula is C22H17N3O2. The van der Waals surface area contributed by atoms with Crippen LogP contribution in [0.2, 0.25) is 0 Å². The number of nitrogens with two attached hydrogens (primary N) is 1. The van der Waals surface area contributed by atoms with Crippen LogP contribution in [0.1, 0.15) is 32.0 Å². The smallest absolute Gasteiger partial charge is 0.257 e. The molecule has 0 aliphatic heterocycles. The Kier molecular flexibility index (Phi) is 5.00. The number of benzene rings is 2. The van der Waals surface area contributed by atoms with Gasteiger partial charge in [-0.3, -0.25) is 9.59 Å². The Hall–Kier alpha value is -3.91. The molecule has 0 aliphatic carbocycles. The molecule has 27 heavy (non-hydrogen) atoms. The van der Waals surface area contributed by atoms with Crippen LogP contribution in [0, 0.1) is 19.3 Å². The van der Waals surface area contributed by atoms with E-state index in [1.807, 2.05) is 55.5 Å². The van der Waals surface area contributed by atoms with Crippen molar-refractivity contribution >= 4 is 17.5 Å². The zero-order chi connectivity index (χ0) is 19.4. The van der Waals surface area contributed by atoms with Crippen molar-refractivity contribution in [2.75, 3.05) is 5.32 Å². The number of carbonyl (C=O) groups is 2. The first kappa shape index (κ1) is 17.9. The Balaban J connectivity index is 2.14. The number of carbonyl (C=O) groups excluding carboxylic acids is 2. The zero-order valence-corrected chi connectivity index (χ0v) is 14.7. The molecule has 3 aromatic rings. The topological polar surface area (TPSA) is 85.1 Å². The fourth-order valence-electron chi connectivity index (χ4n) is 2.72. The average molecular weight is 355 g/mol. The minimum Gasteiger partial charge on any atom is -0.366 e. The van der Waals surface area contributed by atoms with Crippen molar-refractivity contribution in [2.45, 2.75) is 6.92 Å². The Bertz CT molecular complexity index is 1070. The highest BCUT2D eigenvalue weighted by Gasteiger charge is 2.20. The summed E-state index contributed by atoms with van der Waals surface area (Å²) in [5.41, 5.74) is 8.52. The van der Waals surface area contributed by atoms with E-state index in [0.29, 0.717) is 16.9 Å². The van der Waals surface area contributed by atoms with Crippen LogP contribution in [0.25, 0.3) is 11.3 Å². The van der Waals surface area contributed by atoms with Gasteiger partial charge in [-0.25, -0.2) is 4.98 Å². The number of amides is 2. The van der Waals surface area contributed by atoms with Crippen molar-refractivity contribution in [1.29, 1.82) is 0 Å². The molecule has 132 valence electrons. The van der Waals surface area contributed by atoms with Gasteiger partial charge in [-0.2, -0.15) is 0 Å². The molecule has 0 unspecified atom stereocenters. The van der Waals surface area contributed by atoms with Crippen LogP contribution in [-0.2, 0) is 0 Å². The lowest BCUT2D eigenvalue weighted by Crippen LogP contribution is -2.19. The van der Waals surface area contributed by atoms with E-state index in [0.717, 1.165) is 5.56 Å². The van der Waals surface area contributed by atoms with Gasteiger partial charge in [-0.05, 0) is 36.6 Å². The number of nitrogens with zero attached hydrogens (tertiary/aromatic N) is 1. The van der Waals surface area contributed by atoms with Crippen molar-refractivity contribution in [1.82, 2.24) is 4.98 Å². The number of primary amides is 1. The van der Waals surface area contributed by atoms with E-state index in [1.54, 1.807) is 6.07 Å². The highest BCUT2D eigenvalue weighted by molar-refractivity contribution is 6.10. The standard InChI is InChI=1S/C22H17N3O2/c1-3-19-17(21(23)26)13-18(20(25-19)15-9-5-4-6-10-15)22(27)24-16-11-7-8-14(2)12-16/h1,4-13H,2H3,(H2,23,26)(H,24,27). The van der Waals surface area contributed by atoms with Crippen LogP contribution < -0.4 is 11.1 Å². The quantitative estimate of drug-likeness (QED) is 0.704. The number of aromatic nitrogens is 1. The lowest BCUT2D eigenvalue weighted by atomic mass is 10.0. The minimum atomic E-state index is -0.736. The first-order valence-corrected chi connectivity index (χ1v) is 8.24. The van der Waals surface area contributed by atoms with Gasteiger partial charge >= 0.3 is 0 Å². The van der Waals surface area contributed by atoms with Gasteiger partial charge in [0.25, 0.3) is 11.8 Å². The van der Waals surface area contributed by atoms with Gasteiger partial charge in [0.2, 0.25) is 0 Å². The van der Waals surface area contributed by atoms with Gasteiger partial charge in [-0.1, -0.05) is 42.5 Å². The molecule has 5 heteroatoms.